The van der Waals surface area contributed by atoms with E-state index in [0.29, 0.717) is 9.63 Å². The SMILES string of the molecule is CC(C)(C)c1ccc(S(=O)(=O)Nc2ccc(Cl)c3c2C(=O)N(Cc2c(F)ccc[n+]2O)C3=O)cc1. The average molecular weight is 519 g/mol. The third-order valence-corrected chi connectivity index (χ3v) is 7.37. The van der Waals surface area contributed by atoms with Gasteiger partial charge in [0.05, 0.1) is 26.7 Å². The Balaban J connectivity index is 1.70. The number of amides is 2. The van der Waals surface area contributed by atoms with Crippen molar-refractivity contribution >= 4 is 39.1 Å². The summed E-state index contributed by atoms with van der Waals surface area (Å²) in [7, 11) is -4.12. The second-order valence-electron chi connectivity index (χ2n) is 9.07. The number of halogens is 2. The molecule has 2 amide bonds. The van der Waals surface area contributed by atoms with Crippen LogP contribution >= 0.6 is 11.6 Å². The maximum atomic E-state index is 14.2. The molecule has 1 aliphatic heterocycles. The Hall–Kier alpha value is -3.50. The first-order valence-electron chi connectivity index (χ1n) is 10.5. The molecule has 3 aromatic rings. The largest absolute Gasteiger partial charge is 0.289 e. The van der Waals surface area contributed by atoms with E-state index in [4.69, 9.17) is 11.6 Å². The van der Waals surface area contributed by atoms with E-state index in [1.807, 2.05) is 20.8 Å². The number of rotatable bonds is 5. The van der Waals surface area contributed by atoms with Crippen molar-refractivity contribution in [1.82, 2.24) is 4.90 Å². The van der Waals surface area contributed by atoms with Gasteiger partial charge in [-0.2, -0.15) is 4.39 Å². The molecule has 2 aromatic carbocycles. The van der Waals surface area contributed by atoms with Gasteiger partial charge in [0.1, 0.15) is 6.54 Å². The minimum atomic E-state index is -4.12. The molecule has 0 fully saturated rings. The van der Waals surface area contributed by atoms with Gasteiger partial charge in [0.25, 0.3) is 27.5 Å². The zero-order valence-electron chi connectivity index (χ0n) is 19.0. The normalized spacial score (nSPS) is 13.8. The molecule has 8 nitrogen and oxygen atoms in total. The van der Waals surface area contributed by atoms with Gasteiger partial charge in [-0.05, 0) is 41.3 Å². The van der Waals surface area contributed by atoms with Crippen molar-refractivity contribution in [2.75, 3.05) is 4.72 Å². The van der Waals surface area contributed by atoms with E-state index in [1.54, 1.807) is 12.1 Å². The number of pyridine rings is 1. The predicted molar refractivity (Wildman–Crippen MR) is 125 cm³/mol. The van der Waals surface area contributed by atoms with Gasteiger partial charge in [-0.3, -0.25) is 24.4 Å². The second kappa shape index (κ2) is 8.62. The summed E-state index contributed by atoms with van der Waals surface area (Å²) in [6, 6.07) is 11.2. The first kappa shape index (κ1) is 24.6. The first-order chi connectivity index (χ1) is 16.3. The molecule has 1 aromatic heterocycles. The number of hydrogen-bond donors (Lipinski definition) is 2. The number of fused-ring (bicyclic) bond motifs is 1. The van der Waals surface area contributed by atoms with Crippen molar-refractivity contribution in [3.63, 3.8) is 0 Å². The molecule has 2 N–H and O–H groups in total. The quantitative estimate of drug-likeness (QED) is 0.302. The number of sulfonamides is 1. The summed E-state index contributed by atoms with van der Waals surface area (Å²) in [5.74, 6) is -2.55. The van der Waals surface area contributed by atoms with Crippen molar-refractivity contribution in [3.05, 3.63) is 88.0 Å². The lowest BCUT2D eigenvalue weighted by atomic mass is 9.87. The third kappa shape index (κ3) is 4.46. The molecule has 0 aliphatic carbocycles. The lowest BCUT2D eigenvalue weighted by molar-refractivity contribution is -0.910. The Bertz CT molecular complexity index is 1450. The molecule has 182 valence electrons. The molecule has 0 unspecified atom stereocenters. The smallest absolute Gasteiger partial charge is 0.285 e. The van der Waals surface area contributed by atoms with Gasteiger partial charge in [0, 0.05) is 10.8 Å². The Morgan fingerprint density at radius 1 is 1.03 bits per heavy atom. The maximum Gasteiger partial charge on any atom is 0.289 e. The van der Waals surface area contributed by atoms with E-state index >= 15 is 0 Å². The van der Waals surface area contributed by atoms with Crippen molar-refractivity contribution in [2.45, 2.75) is 37.6 Å². The molecule has 0 spiro atoms. The number of imide groups is 1. The molecule has 0 saturated carbocycles. The topological polar surface area (TPSA) is 108 Å². The summed E-state index contributed by atoms with van der Waals surface area (Å²) in [4.78, 5) is 26.8. The van der Waals surface area contributed by atoms with Crippen LogP contribution in [0.4, 0.5) is 10.1 Å². The minimum Gasteiger partial charge on any atom is -0.285 e. The maximum absolute atomic E-state index is 14.2. The number of anilines is 1. The molecule has 0 radical (unpaired) electrons. The van der Waals surface area contributed by atoms with Crippen molar-refractivity contribution in [3.8, 4) is 0 Å². The lowest BCUT2D eigenvalue weighted by Crippen LogP contribution is -2.41. The summed E-state index contributed by atoms with van der Waals surface area (Å²) in [6.07, 6.45) is 1.15. The fourth-order valence-corrected chi connectivity index (χ4v) is 5.05. The summed E-state index contributed by atoms with van der Waals surface area (Å²) >= 11 is 6.18. The van der Waals surface area contributed by atoms with Crippen LogP contribution in [-0.2, 0) is 22.0 Å². The van der Waals surface area contributed by atoms with Gasteiger partial charge in [-0.15, -0.1) is 0 Å². The number of nitrogens with zero attached hydrogens (tertiary/aromatic N) is 2. The van der Waals surface area contributed by atoms with Crippen molar-refractivity contribution in [1.29, 1.82) is 0 Å². The average Bonchev–Trinajstić information content (AvgIpc) is 3.03. The minimum absolute atomic E-state index is 0.0319. The molecule has 4 rings (SSSR count). The molecule has 1 aliphatic rings. The molecule has 0 bridgehead atoms. The zero-order valence-corrected chi connectivity index (χ0v) is 20.6. The second-order valence-corrected chi connectivity index (χ2v) is 11.2. The molecule has 2 heterocycles. The zero-order chi connectivity index (χ0) is 25.7. The standard InChI is InChI=1S/C24H21ClFN3O5S/c1-24(2,3)14-6-8-15(9-7-14)35(33,34)27-18-11-10-16(25)20-21(18)23(31)28(22(20)30)13-19-17(26)5-4-12-29(19)32/h4-12H,13H2,1-3H3,(H-,27,31,32)/p+1. The fourth-order valence-electron chi connectivity index (χ4n) is 3.74. The number of aromatic nitrogens is 1. The van der Waals surface area contributed by atoms with Crippen molar-refractivity contribution in [2.24, 2.45) is 0 Å². The van der Waals surface area contributed by atoms with E-state index in [9.17, 15) is 27.6 Å². The Morgan fingerprint density at radius 2 is 1.66 bits per heavy atom. The predicted octanol–water partition coefficient (Wildman–Crippen LogP) is 3.90. The molecule has 0 saturated heterocycles. The summed E-state index contributed by atoms with van der Waals surface area (Å²) in [5.41, 5.74) is -0.170. The van der Waals surface area contributed by atoms with E-state index in [-0.39, 0.29) is 37.8 Å². The molecular weight excluding hydrogens is 497 g/mol. The Labute approximate surface area is 206 Å². The van der Waals surface area contributed by atoms with Crippen LogP contribution in [0, 0.1) is 5.82 Å². The highest BCUT2D eigenvalue weighted by Gasteiger charge is 2.42. The summed E-state index contributed by atoms with van der Waals surface area (Å²) < 4.78 is 43.2. The van der Waals surface area contributed by atoms with Gasteiger partial charge >= 0.3 is 0 Å². The molecular formula is C24H22ClFN3O5S+. The Kier molecular flexibility index (Phi) is 6.06. The highest BCUT2D eigenvalue weighted by atomic mass is 35.5. The van der Waals surface area contributed by atoms with Gasteiger partial charge in [-0.1, -0.05) is 44.5 Å². The number of carbonyl (C=O) groups excluding carboxylic acids is 2. The number of nitrogens with one attached hydrogen (secondary N) is 1. The van der Waals surface area contributed by atoms with E-state index in [0.717, 1.165) is 17.8 Å². The van der Waals surface area contributed by atoms with Crippen LogP contribution in [0.1, 0.15) is 52.7 Å². The number of carbonyl (C=O) groups is 2. The van der Waals surface area contributed by atoms with Crippen LogP contribution in [0.2, 0.25) is 5.02 Å². The van der Waals surface area contributed by atoms with Crippen LogP contribution in [0.3, 0.4) is 0 Å². The highest BCUT2D eigenvalue weighted by Crippen LogP contribution is 2.36. The summed E-state index contributed by atoms with van der Waals surface area (Å²) in [6.45, 7) is 5.41. The Morgan fingerprint density at radius 3 is 2.26 bits per heavy atom. The fraction of sp³-hybridized carbons (Fsp3) is 0.208. The van der Waals surface area contributed by atoms with Crippen LogP contribution in [0.5, 0.6) is 0 Å². The lowest BCUT2D eigenvalue weighted by Gasteiger charge is -2.19. The monoisotopic (exact) mass is 518 g/mol. The number of benzene rings is 2. The van der Waals surface area contributed by atoms with Gasteiger partial charge in [0.2, 0.25) is 6.20 Å². The highest BCUT2D eigenvalue weighted by molar-refractivity contribution is 7.92. The van der Waals surface area contributed by atoms with Crippen LogP contribution < -0.4 is 9.45 Å². The van der Waals surface area contributed by atoms with Crippen LogP contribution in [0.15, 0.2) is 59.6 Å². The molecule has 0 atom stereocenters. The molecule has 11 heteroatoms. The summed E-state index contributed by atoms with van der Waals surface area (Å²) in [5, 5.41) is 9.84. The van der Waals surface area contributed by atoms with Crippen molar-refractivity contribution < 1.29 is 32.3 Å². The number of hydrogen-bond acceptors (Lipinski definition) is 5. The first-order valence-corrected chi connectivity index (χ1v) is 12.4. The third-order valence-electron chi connectivity index (χ3n) is 5.68. The van der Waals surface area contributed by atoms with Gasteiger partial charge in [-0.25, -0.2) is 8.42 Å². The van der Waals surface area contributed by atoms with E-state index in [2.05, 4.69) is 4.72 Å². The van der Waals surface area contributed by atoms with E-state index < -0.39 is 34.2 Å². The molecule has 35 heavy (non-hydrogen) atoms. The van der Waals surface area contributed by atoms with E-state index in [1.165, 1.54) is 30.3 Å². The van der Waals surface area contributed by atoms with Crippen LogP contribution in [0.25, 0.3) is 0 Å². The van der Waals surface area contributed by atoms with Gasteiger partial charge in [0.15, 0.2) is 5.82 Å². The van der Waals surface area contributed by atoms with Crippen LogP contribution in [-0.4, -0.2) is 30.3 Å². The van der Waals surface area contributed by atoms with Gasteiger partial charge < -0.3 is 0 Å².